The lowest BCUT2D eigenvalue weighted by Crippen LogP contribution is -2.42. The maximum absolute atomic E-state index is 12.7. The highest BCUT2D eigenvalue weighted by atomic mass is 32.1. The highest BCUT2D eigenvalue weighted by Crippen LogP contribution is 2.31. The normalized spacial score (nSPS) is 14.6. The van der Waals surface area contributed by atoms with Gasteiger partial charge in [-0.2, -0.15) is 0 Å². The molecule has 41 heavy (non-hydrogen) atoms. The summed E-state index contributed by atoms with van der Waals surface area (Å²) in [7, 11) is 3.06. The lowest BCUT2D eigenvalue weighted by Gasteiger charge is -2.34. The highest BCUT2D eigenvalue weighted by molar-refractivity contribution is 7.09. The van der Waals surface area contributed by atoms with Crippen LogP contribution in [0.1, 0.15) is 123 Å². The number of rotatable bonds is 13. The van der Waals surface area contributed by atoms with Crippen LogP contribution in [-0.2, 0) is 23.9 Å². The molecule has 0 bridgehead atoms. The minimum atomic E-state index is -0.636. The van der Waals surface area contributed by atoms with Crippen molar-refractivity contribution in [2.75, 3.05) is 14.2 Å². The molecule has 1 aromatic rings. The van der Waals surface area contributed by atoms with Crippen LogP contribution in [0, 0.1) is 22.7 Å². The number of thiazole rings is 1. The smallest absolute Gasteiger partial charge is 0.357 e. The van der Waals surface area contributed by atoms with Gasteiger partial charge in [-0.1, -0.05) is 75.7 Å². The zero-order valence-electron chi connectivity index (χ0n) is 27.6. The van der Waals surface area contributed by atoms with Crippen molar-refractivity contribution in [2.24, 2.45) is 22.7 Å². The van der Waals surface area contributed by atoms with Gasteiger partial charge < -0.3 is 19.7 Å². The number of methoxy groups -OCH3 is 1. The predicted molar refractivity (Wildman–Crippen MR) is 165 cm³/mol. The summed E-state index contributed by atoms with van der Waals surface area (Å²) in [4.78, 5) is 52.8. The maximum atomic E-state index is 12.7. The van der Waals surface area contributed by atoms with Gasteiger partial charge in [0, 0.05) is 43.8 Å². The first-order valence-electron chi connectivity index (χ1n) is 14.4. The quantitative estimate of drug-likeness (QED) is 0.206. The van der Waals surface area contributed by atoms with E-state index in [-0.39, 0.29) is 46.3 Å². The first-order valence-corrected chi connectivity index (χ1v) is 15.3. The van der Waals surface area contributed by atoms with Gasteiger partial charge in [0.1, 0.15) is 5.01 Å². The zero-order chi connectivity index (χ0) is 32.1. The average Bonchev–Trinajstić information content (AvgIpc) is 3.33. The van der Waals surface area contributed by atoms with Crippen molar-refractivity contribution in [2.45, 2.75) is 120 Å². The number of ether oxygens (including phenoxy) is 2. The van der Waals surface area contributed by atoms with E-state index in [0.717, 1.165) is 6.42 Å². The summed E-state index contributed by atoms with van der Waals surface area (Å²) < 4.78 is 9.91. The van der Waals surface area contributed by atoms with Crippen molar-refractivity contribution < 1.29 is 28.7 Å². The summed E-state index contributed by atoms with van der Waals surface area (Å²) in [5.74, 6) is 0.376. The summed E-state index contributed by atoms with van der Waals surface area (Å²) in [5, 5.41) is 5.12. The molecular formula is C31H55N3O6S. The van der Waals surface area contributed by atoms with Crippen LogP contribution in [0.4, 0.5) is 0 Å². The number of hydrogen-bond acceptors (Lipinski definition) is 8. The van der Waals surface area contributed by atoms with E-state index in [2.05, 4.69) is 56.6 Å². The Balaban J connectivity index is 0.000000964. The van der Waals surface area contributed by atoms with Gasteiger partial charge in [0.15, 0.2) is 11.8 Å². The lowest BCUT2D eigenvalue weighted by molar-refractivity contribution is -0.138. The fourth-order valence-electron chi connectivity index (χ4n) is 4.06. The molecule has 10 heteroatoms. The van der Waals surface area contributed by atoms with Gasteiger partial charge in [0.2, 0.25) is 11.8 Å². The van der Waals surface area contributed by atoms with Crippen LogP contribution in [0.3, 0.4) is 0 Å². The van der Waals surface area contributed by atoms with Crippen LogP contribution in [-0.4, -0.2) is 60.4 Å². The van der Waals surface area contributed by atoms with Crippen molar-refractivity contribution in [3.63, 3.8) is 0 Å². The van der Waals surface area contributed by atoms with Gasteiger partial charge in [0.25, 0.3) is 6.47 Å². The third kappa shape index (κ3) is 15.3. The van der Waals surface area contributed by atoms with Gasteiger partial charge >= 0.3 is 5.97 Å². The standard InChI is InChI=1S/C19H30N2O5S.C12H25NO/c1-12(2)14(21(6)16(23)9-19(3,4)5)8-15(26-11-22)17-20-13(10-27-17)18(24)25-7;1-7-9(2)10(3)13-11(14)8-12(4,5)6/h10-12,14-15H,8-9H2,1-7H3;9-10H,7-8H2,1-6H3,(H,13,14). The van der Waals surface area contributed by atoms with Crippen LogP contribution in [0.5, 0.6) is 0 Å². The fraction of sp³-hybridized carbons (Fsp3) is 0.774. The van der Waals surface area contributed by atoms with Crippen molar-refractivity contribution in [3.05, 3.63) is 16.1 Å². The monoisotopic (exact) mass is 597 g/mol. The van der Waals surface area contributed by atoms with E-state index >= 15 is 0 Å². The molecule has 0 aliphatic rings. The highest BCUT2D eigenvalue weighted by Gasteiger charge is 2.31. The number of esters is 1. The van der Waals surface area contributed by atoms with E-state index in [1.54, 1.807) is 17.3 Å². The summed E-state index contributed by atoms with van der Waals surface area (Å²) in [6, 6.07) is 0.144. The molecule has 236 valence electrons. The predicted octanol–water partition coefficient (Wildman–Crippen LogP) is 6.43. The second-order valence-electron chi connectivity index (χ2n) is 13.6. The Hall–Kier alpha value is -2.49. The molecule has 0 aromatic carbocycles. The second-order valence-corrected chi connectivity index (χ2v) is 14.4. The maximum Gasteiger partial charge on any atom is 0.357 e. The molecule has 1 N–H and O–H groups in total. The average molecular weight is 598 g/mol. The molecule has 0 aliphatic carbocycles. The molecule has 0 saturated carbocycles. The molecule has 2 amide bonds. The number of aromatic nitrogens is 1. The van der Waals surface area contributed by atoms with E-state index < -0.39 is 12.1 Å². The molecule has 4 atom stereocenters. The lowest BCUT2D eigenvalue weighted by atomic mass is 9.90. The van der Waals surface area contributed by atoms with Crippen molar-refractivity contribution in [1.82, 2.24) is 15.2 Å². The Bertz CT molecular complexity index is 964. The molecular weight excluding hydrogens is 542 g/mol. The van der Waals surface area contributed by atoms with E-state index in [0.29, 0.717) is 36.7 Å². The molecule has 0 spiro atoms. The number of hydrogen-bond donors (Lipinski definition) is 1. The van der Waals surface area contributed by atoms with E-state index in [1.807, 2.05) is 34.6 Å². The topological polar surface area (TPSA) is 115 Å². The Labute approximate surface area is 252 Å². The summed E-state index contributed by atoms with van der Waals surface area (Å²) >= 11 is 1.23. The van der Waals surface area contributed by atoms with Crippen LogP contribution in [0.15, 0.2) is 5.38 Å². The molecule has 0 radical (unpaired) electrons. The Morgan fingerprint density at radius 2 is 1.61 bits per heavy atom. The minimum absolute atomic E-state index is 0.0421. The van der Waals surface area contributed by atoms with Gasteiger partial charge in [-0.05, 0) is 29.6 Å². The Morgan fingerprint density at radius 1 is 1.05 bits per heavy atom. The third-order valence-electron chi connectivity index (χ3n) is 6.79. The summed E-state index contributed by atoms with van der Waals surface area (Å²) in [5.41, 5.74) is 0.144. The molecule has 1 rings (SSSR count). The molecule has 0 fully saturated rings. The van der Waals surface area contributed by atoms with Gasteiger partial charge in [-0.25, -0.2) is 9.78 Å². The van der Waals surface area contributed by atoms with Gasteiger partial charge in [0.05, 0.1) is 7.11 Å². The molecule has 4 unspecified atom stereocenters. The van der Waals surface area contributed by atoms with Gasteiger partial charge in [-0.3, -0.25) is 14.4 Å². The van der Waals surface area contributed by atoms with E-state index in [1.165, 1.54) is 18.4 Å². The number of carbonyl (C=O) groups excluding carboxylic acids is 4. The number of carbonyl (C=O) groups is 4. The minimum Gasteiger partial charge on any atom is -0.464 e. The van der Waals surface area contributed by atoms with E-state index in [9.17, 15) is 19.2 Å². The summed E-state index contributed by atoms with van der Waals surface area (Å²) in [6.07, 6.45) is 1.90. The number of nitrogens with one attached hydrogen (secondary N) is 1. The summed E-state index contributed by atoms with van der Waals surface area (Å²) in [6.45, 7) is 23.1. The largest absolute Gasteiger partial charge is 0.464 e. The van der Waals surface area contributed by atoms with Crippen molar-refractivity contribution in [1.29, 1.82) is 0 Å². The van der Waals surface area contributed by atoms with Crippen LogP contribution in [0.2, 0.25) is 0 Å². The second kappa shape index (κ2) is 17.5. The number of nitrogens with zero attached hydrogens (tertiary/aromatic N) is 2. The van der Waals surface area contributed by atoms with Crippen molar-refractivity contribution >= 4 is 35.6 Å². The first-order chi connectivity index (χ1) is 18.8. The molecule has 1 aromatic heterocycles. The van der Waals surface area contributed by atoms with Gasteiger partial charge in [-0.15, -0.1) is 11.3 Å². The zero-order valence-corrected chi connectivity index (χ0v) is 28.4. The first kappa shape index (κ1) is 38.5. The Kier molecular flexibility index (Phi) is 16.4. The SMILES string of the molecule is CCC(C)C(C)NC(=O)CC(C)(C)C.COC(=O)c1csc(C(CC(C(C)C)N(C)C(=O)CC(C)(C)C)OC=O)n1. The van der Waals surface area contributed by atoms with Crippen LogP contribution >= 0.6 is 11.3 Å². The van der Waals surface area contributed by atoms with Crippen LogP contribution < -0.4 is 5.32 Å². The number of amides is 2. The Morgan fingerprint density at radius 3 is 2.05 bits per heavy atom. The molecule has 9 nitrogen and oxygen atoms in total. The molecule has 0 saturated heterocycles. The molecule has 0 aliphatic heterocycles. The molecule has 1 heterocycles. The fourth-order valence-corrected chi connectivity index (χ4v) is 4.89. The van der Waals surface area contributed by atoms with E-state index in [4.69, 9.17) is 4.74 Å². The van der Waals surface area contributed by atoms with Crippen LogP contribution in [0.25, 0.3) is 0 Å². The van der Waals surface area contributed by atoms with Crippen molar-refractivity contribution in [3.8, 4) is 0 Å². The third-order valence-corrected chi connectivity index (χ3v) is 7.72.